The molecule has 1 fully saturated rings. The van der Waals surface area contributed by atoms with Gasteiger partial charge in [0.15, 0.2) is 32.8 Å². The highest BCUT2D eigenvalue weighted by atomic mass is 16.7. The lowest BCUT2D eigenvalue weighted by Gasteiger charge is -2.18. The zero-order chi connectivity index (χ0) is 13.0. The van der Waals surface area contributed by atoms with E-state index in [-0.39, 0.29) is 5.97 Å². The molecule has 4 nitrogen and oxygen atoms in total. The molecule has 3 rings (SSSR count). The van der Waals surface area contributed by atoms with E-state index >= 15 is 0 Å². The number of carbonyl (C=O) groups is 1. The van der Waals surface area contributed by atoms with Crippen LogP contribution < -0.4 is 9.47 Å². The van der Waals surface area contributed by atoms with Crippen molar-refractivity contribution in [3.63, 3.8) is 0 Å². The van der Waals surface area contributed by atoms with Crippen molar-refractivity contribution in [1.82, 2.24) is 0 Å². The first kappa shape index (κ1) is 11.5. The normalized spacial score (nSPS) is 21.4. The second-order valence-electron chi connectivity index (χ2n) is 4.66. The Bertz CT molecular complexity index is 523. The molecule has 6 heteroatoms. The van der Waals surface area contributed by atoms with E-state index in [0.29, 0.717) is 11.5 Å². The molecule has 88 valence electrons. The van der Waals surface area contributed by atoms with E-state index in [4.69, 9.17) is 29.9 Å². The molecule has 1 saturated carbocycles. The highest BCUT2D eigenvalue weighted by molar-refractivity contribution is 6.38. The highest BCUT2D eigenvalue weighted by Gasteiger charge is 2.53. The van der Waals surface area contributed by atoms with Crippen molar-refractivity contribution < 1.29 is 19.0 Å². The van der Waals surface area contributed by atoms with Gasteiger partial charge in [-0.05, 0) is 30.5 Å². The number of methoxy groups -OCH3 is 1. The van der Waals surface area contributed by atoms with Crippen LogP contribution in [0.4, 0.5) is 0 Å². The lowest BCUT2D eigenvalue weighted by atomic mass is 9.76. The topological polar surface area (TPSA) is 44.8 Å². The summed E-state index contributed by atoms with van der Waals surface area (Å²) in [7, 11) is 12.5. The molecule has 0 unspecified atom stereocenters. The molecule has 1 aromatic carbocycles. The highest BCUT2D eigenvalue weighted by Crippen LogP contribution is 2.51. The van der Waals surface area contributed by atoms with Crippen molar-refractivity contribution in [2.24, 2.45) is 0 Å². The summed E-state index contributed by atoms with van der Waals surface area (Å²) in [6, 6.07) is 5.25. The number of fused-ring (bicyclic) bond motifs is 1. The maximum atomic E-state index is 11.8. The number of esters is 1. The average Bonchev–Trinajstić information content (AvgIpc) is 3.05. The summed E-state index contributed by atoms with van der Waals surface area (Å²) in [6.45, 7) is 0. The summed E-state index contributed by atoms with van der Waals surface area (Å²) in [6.07, 6.45) is 1.55. The molecule has 1 aliphatic heterocycles. The Kier molecular flexibility index (Phi) is 2.22. The predicted octanol–water partition coefficient (Wildman–Crippen LogP) is 0.611. The Morgan fingerprint density at radius 3 is 2.56 bits per heavy atom. The van der Waals surface area contributed by atoms with Gasteiger partial charge in [-0.1, -0.05) is 6.07 Å². The summed E-state index contributed by atoms with van der Waals surface area (Å²) in [5.41, 5.74) is -1.33. The van der Waals surface area contributed by atoms with Crippen LogP contribution in [0.25, 0.3) is 0 Å². The first-order valence-electron chi connectivity index (χ1n) is 5.66. The Balaban J connectivity index is 1.96. The lowest BCUT2D eigenvalue weighted by molar-refractivity contribution is -0.143. The molecule has 0 N–H and O–H groups in total. The van der Waals surface area contributed by atoms with E-state index in [1.165, 1.54) is 7.11 Å². The quantitative estimate of drug-likeness (QED) is 0.561. The second kappa shape index (κ2) is 3.46. The molecule has 2 aliphatic rings. The third-order valence-corrected chi connectivity index (χ3v) is 3.36. The smallest absolute Gasteiger partial charge is 0.316 e. The zero-order valence-corrected chi connectivity index (χ0v) is 9.93. The number of hydrogen-bond acceptors (Lipinski definition) is 4. The predicted molar refractivity (Wildman–Crippen MR) is 64.9 cm³/mol. The van der Waals surface area contributed by atoms with Gasteiger partial charge in [0.2, 0.25) is 0 Å². The van der Waals surface area contributed by atoms with Gasteiger partial charge in [-0.25, -0.2) is 0 Å². The van der Waals surface area contributed by atoms with Crippen molar-refractivity contribution >= 4 is 21.7 Å². The molecule has 0 bridgehead atoms. The average molecular weight is 240 g/mol. The SMILES string of the molecule is [B]C1([B])Oc2ccc(C3(C(=O)OC)CC3)cc2O1. The minimum Gasteiger partial charge on any atom is -0.468 e. The summed E-state index contributed by atoms with van der Waals surface area (Å²) in [5.74, 6) is 0.699. The maximum absolute atomic E-state index is 11.8. The molecule has 0 amide bonds. The molecule has 0 atom stereocenters. The summed E-state index contributed by atoms with van der Waals surface area (Å²) < 4.78 is 15.3. The molecule has 4 radical (unpaired) electrons. The fourth-order valence-electron chi connectivity index (χ4n) is 2.27. The zero-order valence-electron chi connectivity index (χ0n) is 9.93. The van der Waals surface area contributed by atoms with E-state index < -0.39 is 11.0 Å². The van der Waals surface area contributed by atoms with Gasteiger partial charge in [-0.3, -0.25) is 4.79 Å². The molecule has 1 aliphatic carbocycles. The second-order valence-corrected chi connectivity index (χ2v) is 4.66. The van der Waals surface area contributed by atoms with Gasteiger partial charge in [0.25, 0.3) is 0 Å². The molecular weight excluding hydrogens is 230 g/mol. The molecular formula is C12H10B2O4. The summed E-state index contributed by atoms with van der Waals surface area (Å²) in [4.78, 5) is 11.8. The fourth-order valence-corrected chi connectivity index (χ4v) is 2.27. The van der Waals surface area contributed by atoms with Crippen LogP contribution in [0.3, 0.4) is 0 Å². The van der Waals surface area contributed by atoms with Crippen LogP contribution in [0, 0.1) is 0 Å². The van der Waals surface area contributed by atoms with Crippen molar-refractivity contribution in [3.8, 4) is 11.5 Å². The maximum Gasteiger partial charge on any atom is 0.316 e. The summed E-state index contributed by atoms with van der Waals surface area (Å²) in [5, 5.41) is 0. The van der Waals surface area contributed by atoms with Gasteiger partial charge in [-0.2, -0.15) is 0 Å². The number of benzene rings is 1. The third kappa shape index (κ3) is 1.59. The Hall–Kier alpha value is -1.58. The first-order valence-corrected chi connectivity index (χ1v) is 5.66. The molecule has 1 heterocycles. The third-order valence-electron chi connectivity index (χ3n) is 3.36. The largest absolute Gasteiger partial charge is 0.468 e. The molecule has 18 heavy (non-hydrogen) atoms. The monoisotopic (exact) mass is 240 g/mol. The molecule has 0 saturated heterocycles. The van der Waals surface area contributed by atoms with E-state index in [0.717, 1.165) is 18.4 Å². The van der Waals surface area contributed by atoms with Gasteiger partial charge in [0, 0.05) is 0 Å². The molecule has 0 aromatic heterocycles. The fraction of sp³-hybridized carbons (Fsp3) is 0.417. The first-order chi connectivity index (χ1) is 8.47. The Labute approximate surface area is 107 Å². The van der Waals surface area contributed by atoms with Gasteiger partial charge in [0.1, 0.15) is 0 Å². The minimum absolute atomic E-state index is 0.229. The van der Waals surface area contributed by atoms with E-state index in [9.17, 15) is 4.79 Å². The van der Waals surface area contributed by atoms with Gasteiger partial charge in [-0.15, -0.1) is 0 Å². The van der Waals surface area contributed by atoms with E-state index in [1.54, 1.807) is 12.1 Å². The van der Waals surface area contributed by atoms with Crippen LogP contribution >= 0.6 is 0 Å². The van der Waals surface area contributed by atoms with Crippen LogP contribution in [0.15, 0.2) is 18.2 Å². The number of hydrogen-bond donors (Lipinski definition) is 0. The molecule has 1 aromatic rings. The Morgan fingerprint density at radius 2 is 1.94 bits per heavy atom. The van der Waals surface area contributed by atoms with Crippen molar-refractivity contribution in [2.45, 2.75) is 23.8 Å². The minimum atomic E-state index is -1.64. The van der Waals surface area contributed by atoms with Crippen LogP contribution in [0.2, 0.25) is 0 Å². The number of ether oxygens (including phenoxy) is 3. The van der Waals surface area contributed by atoms with Crippen LogP contribution in [0.5, 0.6) is 11.5 Å². The lowest BCUT2D eigenvalue weighted by Crippen LogP contribution is -2.39. The van der Waals surface area contributed by atoms with E-state index in [2.05, 4.69) is 0 Å². The number of carbonyl (C=O) groups excluding carboxylic acids is 1. The van der Waals surface area contributed by atoms with Crippen LogP contribution in [0.1, 0.15) is 18.4 Å². The van der Waals surface area contributed by atoms with Gasteiger partial charge >= 0.3 is 5.97 Å². The van der Waals surface area contributed by atoms with Crippen molar-refractivity contribution in [1.29, 1.82) is 0 Å². The van der Waals surface area contributed by atoms with Crippen LogP contribution in [-0.4, -0.2) is 34.4 Å². The van der Waals surface area contributed by atoms with Crippen LogP contribution in [-0.2, 0) is 14.9 Å². The van der Waals surface area contributed by atoms with Gasteiger partial charge in [0.05, 0.1) is 12.5 Å². The van der Waals surface area contributed by atoms with Crippen molar-refractivity contribution in [2.75, 3.05) is 7.11 Å². The summed E-state index contributed by atoms with van der Waals surface area (Å²) >= 11 is 0. The molecule has 0 spiro atoms. The van der Waals surface area contributed by atoms with Gasteiger partial charge < -0.3 is 14.2 Å². The Morgan fingerprint density at radius 1 is 1.28 bits per heavy atom. The standard InChI is InChI=1S/C12H10B2O4/c1-16-10(15)11(4-5-11)7-2-3-8-9(6-7)18-12(13,14)17-8/h2-3,6H,4-5H2,1H3. The van der Waals surface area contributed by atoms with Crippen molar-refractivity contribution in [3.05, 3.63) is 23.8 Å². The number of rotatable bonds is 2. The van der Waals surface area contributed by atoms with E-state index in [1.807, 2.05) is 6.07 Å².